The number of aromatic amines is 1. The van der Waals surface area contributed by atoms with Gasteiger partial charge in [-0.3, -0.25) is 15.0 Å². The minimum atomic E-state index is -0.338. The molecule has 43 heavy (non-hydrogen) atoms. The van der Waals surface area contributed by atoms with Crippen molar-refractivity contribution in [3.05, 3.63) is 107 Å². The minimum Gasteiger partial charge on any atom is -0.495 e. The third kappa shape index (κ3) is 7.72. The lowest BCUT2D eigenvalue weighted by molar-refractivity contribution is -0.115. The van der Waals surface area contributed by atoms with Crippen LogP contribution in [0.15, 0.2) is 90.1 Å². The Kier molecular flexibility index (Phi) is 9.23. The average molecular weight is 583 g/mol. The average Bonchev–Trinajstić information content (AvgIpc) is 3.03. The molecular weight excluding hydrogens is 551 g/mol. The van der Waals surface area contributed by atoms with Gasteiger partial charge in [0.1, 0.15) is 17.1 Å². The van der Waals surface area contributed by atoms with Crippen LogP contribution in [-0.4, -0.2) is 61.1 Å². The fourth-order valence-corrected chi connectivity index (χ4v) is 4.56. The molecule has 0 atom stereocenters. The van der Waals surface area contributed by atoms with Gasteiger partial charge in [0.25, 0.3) is 5.91 Å². The van der Waals surface area contributed by atoms with E-state index in [1.165, 1.54) is 19.2 Å². The number of methoxy groups -OCH3 is 1. The van der Waals surface area contributed by atoms with E-state index < -0.39 is 0 Å². The number of nitrogens with zero attached hydrogens (tertiary/aromatic N) is 2. The maximum atomic E-state index is 13.1. The highest BCUT2D eigenvalue weighted by Crippen LogP contribution is 2.26. The minimum absolute atomic E-state index is 0.0936. The lowest BCUT2D eigenvalue weighted by atomic mass is 10.1. The molecule has 1 fully saturated rings. The quantitative estimate of drug-likeness (QED) is 0.189. The lowest BCUT2D eigenvalue weighted by Crippen LogP contribution is -2.40. The smallest absolute Gasteiger partial charge is 0.254 e. The zero-order valence-electron chi connectivity index (χ0n) is 23.5. The predicted octanol–water partition coefficient (Wildman–Crippen LogP) is 4.43. The van der Waals surface area contributed by atoms with Crippen molar-refractivity contribution in [2.45, 2.75) is 6.42 Å². The molecule has 0 radical (unpaired) electrons. The van der Waals surface area contributed by atoms with Crippen molar-refractivity contribution in [1.29, 1.82) is 5.41 Å². The molecule has 0 saturated carbocycles. The number of guanidine groups is 1. The maximum absolute atomic E-state index is 13.1. The number of hydrogen-bond acceptors (Lipinski definition) is 5. The van der Waals surface area contributed by atoms with Crippen LogP contribution >= 0.6 is 0 Å². The van der Waals surface area contributed by atoms with E-state index in [4.69, 9.17) is 14.9 Å². The Balaban J connectivity index is 1.19. The van der Waals surface area contributed by atoms with E-state index in [0.29, 0.717) is 54.5 Å². The first-order valence-corrected chi connectivity index (χ1v) is 13.7. The molecule has 1 saturated heterocycles. The largest absolute Gasteiger partial charge is 0.495 e. The van der Waals surface area contributed by atoms with Gasteiger partial charge >= 0.3 is 0 Å². The number of nitrogens with one attached hydrogen (secondary N) is 4. The molecule has 1 aromatic heterocycles. The second-order valence-corrected chi connectivity index (χ2v) is 9.80. The van der Waals surface area contributed by atoms with Gasteiger partial charge in [0.05, 0.1) is 32.4 Å². The Labute approximate surface area is 247 Å². The number of carbonyl (C=O) groups excluding carboxylic acids is 2. The van der Waals surface area contributed by atoms with Crippen molar-refractivity contribution in [3.8, 4) is 16.9 Å². The monoisotopic (exact) mass is 582 g/mol. The molecule has 3 aromatic carbocycles. The third-order valence-corrected chi connectivity index (χ3v) is 6.81. The molecule has 0 bridgehead atoms. The topological polar surface area (TPSA) is 132 Å². The molecule has 4 N–H and O–H groups in total. The van der Waals surface area contributed by atoms with Gasteiger partial charge < -0.3 is 30.0 Å². The van der Waals surface area contributed by atoms with E-state index in [1.54, 1.807) is 47.5 Å². The van der Waals surface area contributed by atoms with Crippen molar-refractivity contribution >= 4 is 29.1 Å². The molecule has 2 heterocycles. The number of aromatic nitrogens is 1. The van der Waals surface area contributed by atoms with E-state index in [-0.39, 0.29) is 30.0 Å². The van der Waals surface area contributed by atoms with E-state index in [2.05, 4.69) is 20.6 Å². The lowest BCUT2D eigenvalue weighted by Gasteiger charge is -2.27. The van der Waals surface area contributed by atoms with Crippen LogP contribution in [-0.2, 0) is 16.0 Å². The van der Waals surface area contributed by atoms with Crippen LogP contribution in [0.1, 0.15) is 15.9 Å². The summed E-state index contributed by atoms with van der Waals surface area (Å²) in [6, 6.07) is 21.9. The summed E-state index contributed by atoms with van der Waals surface area (Å²) in [4.78, 5) is 34.2. The molecule has 0 aliphatic carbocycles. The first-order chi connectivity index (χ1) is 20.9. The Bertz CT molecular complexity index is 1660. The number of benzene rings is 3. The van der Waals surface area contributed by atoms with Gasteiger partial charge in [-0.05, 0) is 71.3 Å². The Hall–Kier alpha value is -5.29. The summed E-state index contributed by atoms with van der Waals surface area (Å²) in [7, 11) is 1.51. The van der Waals surface area contributed by atoms with Crippen LogP contribution in [0.3, 0.4) is 0 Å². The fourth-order valence-electron chi connectivity index (χ4n) is 4.56. The second-order valence-electron chi connectivity index (χ2n) is 9.80. The zero-order valence-corrected chi connectivity index (χ0v) is 23.5. The van der Waals surface area contributed by atoms with Crippen molar-refractivity contribution < 1.29 is 23.5 Å². The van der Waals surface area contributed by atoms with E-state index in [0.717, 1.165) is 16.7 Å². The summed E-state index contributed by atoms with van der Waals surface area (Å²) in [6.45, 7) is 2.13. The van der Waals surface area contributed by atoms with Gasteiger partial charge in [-0.2, -0.15) is 4.99 Å². The van der Waals surface area contributed by atoms with Crippen LogP contribution < -0.4 is 20.9 Å². The Morgan fingerprint density at radius 3 is 2.37 bits per heavy atom. The molecule has 0 spiro atoms. The molecule has 220 valence electrons. The highest BCUT2D eigenvalue weighted by molar-refractivity contribution is 5.98. The Morgan fingerprint density at radius 1 is 0.977 bits per heavy atom. The number of rotatable bonds is 7. The molecule has 5 rings (SSSR count). The van der Waals surface area contributed by atoms with E-state index in [1.807, 2.05) is 30.3 Å². The summed E-state index contributed by atoms with van der Waals surface area (Å²) in [5.74, 6) is -0.313. The summed E-state index contributed by atoms with van der Waals surface area (Å²) < 4.78 is 23.9. The van der Waals surface area contributed by atoms with Crippen molar-refractivity contribution in [3.63, 3.8) is 0 Å². The predicted molar refractivity (Wildman–Crippen MR) is 162 cm³/mol. The van der Waals surface area contributed by atoms with E-state index in [9.17, 15) is 14.0 Å². The molecule has 11 heteroatoms. The van der Waals surface area contributed by atoms with Crippen LogP contribution in [0.25, 0.3) is 11.1 Å². The molecule has 1 aliphatic rings. The first kappa shape index (κ1) is 29.2. The molecule has 4 aromatic rings. The standard InChI is InChI=1S/C32H31FN6O4/c1-42-28-19-23(31(41)39-14-16-43-17-15-39)6-12-27(28)37-32(34)38-29-13-7-24(20-35-29)22-4-10-26(11-5-22)36-30(40)18-21-2-8-25(33)9-3-21/h2-13,19-20H,14-18H2,1H3,(H,36,40)(H3,34,35,37,38). The summed E-state index contributed by atoms with van der Waals surface area (Å²) >= 11 is 0. The molecular formula is C32H31FN6O4. The highest BCUT2D eigenvalue weighted by Gasteiger charge is 2.20. The number of H-pyrrole nitrogens is 1. The third-order valence-electron chi connectivity index (χ3n) is 6.81. The summed E-state index contributed by atoms with van der Waals surface area (Å²) in [5.41, 5.74) is 4.67. The van der Waals surface area contributed by atoms with Gasteiger partial charge in [-0.1, -0.05) is 24.3 Å². The number of pyridine rings is 1. The van der Waals surface area contributed by atoms with E-state index >= 15 is 0 Å². The maximum Gasteiger partial charge on any atom is 0.254 e. The van der Waals surface area contributed by atoms with Crippen LogP contribution in [0.2, 0.25) is 0 Å². The summed E-state index contributed by atoms with van der Waals surface area (Å²) in [5, 5.41) is 14.1. The number of morpholine rings is 1. The number of anilines is 2. The number of amides is 2. The van der Waals surface area contributed by atoms with Crippen molar-refractivity contribution in [2.75, 3.05) is 44.0 Å². The number of ether oxygens (including phenoxy) is 2. The molecule has 10 nitrogen and oxygen atoms in total. The van der Waals surface area contributed by atoms with Gasteiger partial charge in [-0.15, -0.1) is 0 Å². The van der Waals surface area contributed by atoms with Gasteiger partial charge in [0.15, 0.2) is 0 Å². The number of carbonyl (C=O) groups is 2. The number of halogens is 1. The SMILES string of the molecule is COc1cc(C(=O)N2CCOCC2)ccc1NC(=N)/N=c1/ccc(-c2ccc(NC(=O)Cc3ccc(F)cc3)cc2)c[nH]1. The van der Waals surface area contributed by atoms with Crippen LogP contribution in [0.4, 0.5) is 15.8 Å². The van der Waals surface area contributed by atoms with Crippen LogP contribution in [0, 0.1) is 11.2 Å². The van der Waals surface area contributed by atoms with Gasteiger partial charge in [0.2, 0.25) is 11.9 Å². The highest BCUT2D eigenvalue weighted by atomic mass is 19.1. The molecule has 0 unspecified atom stereocenters. The summed E-state index contributed by atoms with van der Waals surface area (Å²) in [6.07, 6.45) is 1.93. The van der Waals surface area contributed by atoms with Crippen molar-refractivity contribution in [1.82, 2.24) is 9.88 Å². The van der Waals surface area contributed by atoms with Crippen molar-refractivity contribution in [2.24, 2.45) is 4.99 Å². The zero-order chi connectivity index (χ0) is 30.2. The van der Waals surface area contributed by atoms with Gasteiger partial charge in [0, 0.05) is 30.5 Å². The van der Waals surface area contributed by atoms with Crippen LogP contribution in [0.5, 0.6) is 5.75 Å². The molecule has 1 aliphatic heterocycles. The Morgan fingerprint density at radius 2 is 1.70 bits per heavy atom. The first-order valence-electron chi connectivity index (χ1n) is 13.7. The second kappa shape index (κ2) is 13.6. The normalized spacial score (nSPS) is 13.3. The molecule has 2 amide bonds. The fraction of sp³-hybridized carbons (Fsp3) is 0.188. The number of hydrogen-bond donors (Lipinski definition) is 4. The van der Waals surface area contributed by atoms with Gasteiger partial charge in [-0.25, -0.2) is 4.39 Å².